The van der Waals surface area contributed by atoms with E-state index in [1.807, 2.05) is 37.3 Å². The molecule has 160 valence electrons. The quantitative estimate of drug-likeness (QED) is 0.447. The molecule has 0 aromatic heterocycles. The van der Waals surface area contributed by atoms with Gasteiger partial charge >= 0.3 is 0 Å². The van der Waals surface area contributed by atoms with Gasteiger partial charge in [0.25, 0.3) is 5.91 Å². The lowest BCUT2D eigenvalue weighted by atomic mass is 10.1. The molecule has 3 aromatic rings. The summed E-state index contributed by atoms with van der Waals surface area (Å²) in [4.78, 5) is 25.2. The molecule has 0 spiro atoms. The molecule has 0 saturated carbocycles. The fourth-order valence-corrected chi connectivity index (χ4v) is 3.94. The average Bonchev–Trinajstić information content (AvgIpc) is 2.76. The smallest absolute Gasteiger partial charge is 0.253 e. The van der Waals surface area contributed by atoms with E-state index in [2.05, 4.69) is 10.6 Å². The predicted molar refractivity (Wildman–Crippen MR) is 125 cm³/mol. The highest BCUT2D eigenvalue weighted by Gasteiger charge is 2.16. The fourth-order valence-electron chi connectivity index (χ4n) is 2.97. The van der Waals surface area contributed by atoms with E-state index in [1.165, 1.54) is 17.8 Å². The highest BCUT2D eigenvalue weighted by Crippen LogP contribution is 2.21. The fraction of sp³-hybridized carbons (Fsp3) is 0.167. The van der Waals surface area contributed by atoms with Crippen LogP contribution >= 0.6 is 23.4 Å². The van der Waals surface area contributed by atoms with Gasteiger partial charge in [-0.3, -0.25) is 9.59 Å². The highest BCUT2D eigenvalue weighted by atomic mass is 35.5. The molecule has 0 radical (unpaired) electrons. The highest BCUT2D eigenvalue weighted by molar-refractivity contribution is 7.99. The van der Waals surface area contributed by atoms with Crippen LogP contribution in [0.2, 0.25) is 5.02 Å². The topological polar surface area (TPSA) is 58.2 Å². The van der Waals surface area contributed by atoms with E-state index in [1.54, 1.807) is 36.4 Å². The Labute approximate surface area is 190 Å². The van der Waals surface area contributed by atoms with Gasteiger partial charge in [-0.25, -0.2) is 4.39 Å². The van der Waals surface area contributed by atoms with Gasteiger partial charge in [0.2, 0.25) is 5.91 Å². The van der Waals surface area contributed by atoms with Crippen LogP contribution in [0, 0.1) is 5.82 Å². The van der Waals surface area contributed by atoms with Gasteiger partial charge in [-0.05, 0) is 42.3 Å². The Kier molecular flexibility index (Phi) is 8.09. The molecule has 31 heavy (non-hydrogen) atoms. The zero-order valence-corrected chi connectivity index (χ0v) is 18.5. The Hall–Kier alpha value is -2.83. The molecule has 3 aromatic carbocycles. The molecule has 0 aliphatic rings. The molecule has 4 nitrogen and oxygen atoms in total. The summed E-state index contributed by atoms with van der Waals surface area (Å²) in [5.74, 6) is -0.472. The van der Waals surface area contributed by atoms with Crippen LogP contribution in [-0.4, -0.2) is 17.6 Å². The summed E-state index contributed by atoms with van der Waals surface area (Å²) in [5, 5.41) is 6.07. The minimum Gasteiger partial charge on any atom is -0.345 e. The number of anilines is 1. The summed E-state index contributed by atoms with van der Waals surface area (Å²) in [6.45, 7) is 1.90. The largest absolute Gasteiger partial charge is 0.345 e. The number of para-hydroxylation sites is 1. The van der Waals surface area contributed by atoms with E-state index in [9.17, 15) is 14.0 Å². The first-order chi connectivity index (χ1) is 14.9. The van der Waals surface area contributed by atoms with Gasteiger partial charge in [0.1, 0.15) is 5.82 Å². The molecule has 0 bridgehead atoms. The number of halogens is 2. The van der Waals surface area contributed by atoms with Crippen molar-refractivity contribution in [2.75, 3.05) is 11.1 Å². The molecule has 1 atom stereocenters. The van der Waals surface area contributed by atoms with Crippen molar-refractivity contribution in [2.45, 2.75) is 18.7 Å². The summed E-state index contributed by atoms with van der Waals surface area (Å²) >= 11 is 7.03. The van der Waals surface area contributed by atoms with Crippen molar-refractivity contribution in [1.29, 1.82) is 0 Å². The van der Waals surface area contributed by atoms with Gasteiger partial charge in [0.05, 0.1) is 23.0 Å². The van der Waals surface area contributed by atoms with E-state index < -0.39 is 5.82 Å². The van der Waals surface area contributed by atoms with Gasteiger partial charge in [0, 0.05) is 10.8 Å². The van der Waals surface area contributed by atoms with E-state index in [4.69, 9.17) is 11.6 Å². The maximum atomic E-state index is 13.8. The van der Waals surface area contributed by atoms with Crippen molar-refractivity contribution >= 4 is 40.9 Å². The molecule has 2 amide bonds. The SMILES string of the molecule is C[C@H](NC(=O)c1ccccc1NC(=O)CSCc1ccc(Cl)cc1F)c1ccccc1. The van der Waals surface area contributed by atoms with Crippen LogP contribution in [0.5, 0.6) is 0 Å². The third-order valence-corrected chi connectivity index (χ3v) is 5.82. The van der Waals surface area contributed by atoms with Gasteiger partial charge in [-0.1, -0.05) is 60.1 Å². The van der Waals surface area contributed by atoms with Crippen molar-refractivity contribution in [3.05, 3.63) is 100 Å². The number of rotatable bonds is 8. The number of hydrogen-bond donors (Lipinski definition) is 2. The zero-order valence-electron chi connectivity index (χ0n) is 16.9. The monoisotopic (exact) mass is 456 g/mol. The Bertz CT molecular complexity index is 1060. The van der Waals surface area contributed by atoms with Crippen LogP contribution in [0.25, 0.3) is 0 Å². The number of carbonyl (C=O) groups is 2. The second kappa shape index (κ2) is 11.0. The van der Waals surface area contributed by atoms with Crippen LogP contribution in [0.4, 0.5) is 10.1 Å². The molecule has 0 unspecified atom stereocenters. The maximum Gasteiger partial charge on any atom is 0.253 e. The first-order valence-corrected chi connectivity index (χ1v) is 11.2. The van der Waals surface area contributed by atoms with Crippen LogP contribution in [-0.2, 0) is 10.5 Å². The third-order valence-electron chi connectivity index (χ3n) is 4.60. The Morgan fingerprint density at radius 3 is 2.48 bits per heavy atom. The number of amides is 2. The Balaban J connectivity index is 1.58. The molecule has 2 N–H and O–H groups in total. The minimum atomic E-state index is -0.394. The number of nitrogens with one attached hydrogen (secondary N) is 2. The van der Waals surface area contributed by atoms with E-state index in [0.29, 0.717) is 27.6 Å². The summed E-state index contributed by atoms with van der Waals surface area (Å²) in [7, 11) is 0. The standard InChI is InChI=1S/C24H22ClFN2O2S/c1-16(17-7-3-2-4-8-17)27-24(30)20-9-5-6-10-22(20)28-23(29)15-31-14-18-11-12-19(25)13-21(18)26/h2-13,16H,14-15H2,1H3,(H,27,30)(H,28,29)/t16-/m0/s1. The normalized spacial score (nSPS) is 11.6. The van der Waals surface area contributed by atoms with Crippen LogP contribution in [0.1, 0.15) is 34.5 Å². The van der Waals surface area contributed by atoms with Gasteiger partial charge < -0.3 is 10.6 Å². The first kappa shape index (κ1) is 22.8. The molecular formula is C24H22ClFN2O2S. The Morgan fingerprint density at radius 2 is 1.74 bits per heavy atom. The van der Waals surface area contributed by atoms with Crippen molar-refractivity contribution in [3.8, 4) is 0 Å². The van der Waals surface area contributed by atoms with Crippen molar-refractivity contribution in [3.63, 3.8) is 0 Å². The predicted octanol–water partition coefficient (Wildman–Crippen LogP) is 5.84. The van der Waals surface area contributed by atoms with Crippen molar-refractivity contribution < 1.29 is 14.0 Å². The Morgan fingerprint density at radius 1 is 1.03 bits per heavy atom. The van der Waals surface area contributed by atoms with Gasteiger partial charge in [0.15, 0.2) is 0 Å². The summed E-state index contributed by atoms with van der Waals surface area (Å²) < 4.78 is 13.8. The zero-order chi connectivity index (χ0) is 22.2. The minimum absolute atomic E-state index is 0.123. The second-order valence-electron chi connectivity index (χ2n) is 6.93. The van der Waals surface area contributed by atoms with Crippen LogP contribution < -0.4 is 10.6 Å². The van der Waals surface area contributed by atoms with E-state index in [-0.39, 0.29) is 23.6 Å². The molecular weight excluding hydrogens is 435 g/mol. The molecule has 0 aliphatic carbocycles. The number of carbonyl (C=O) groups excluding carboxylic acids is 2. The van der Waals surface area contributed by atoms with Crippen molar-refractivity contribution in [2.24, 2.45) is 0 Å². The number of benzene rings is 3. The van der Waals surface area contributed by atoms with Gasteiger partial charge in [-0.2, -0.15) is 0 Å². The van der Waals surface area contributed by atoms with E-state index >= 15 is 0 Å². The number of hydrogen-bond acceptors (Lipinski definition) is 3. The summed E-state index contributed by atoms with van der Waals surface area (Å²) in [6, 6.07) is 20.8. The number of thioether (sulfide) groups is 1. The average molecular weight is 457 g/mol. The lowest BCUT2D eigenvalue weighted by molar-refractivity contribution is -0.113. The summed E-state index contributed by atoms with van der Waals surface area (Å²) in [6.07, 6.45) is 0. The maximum absolute atomic E-state index is 13.8. The molecule has 0 heterocycles. The van der Waals surface area contributed by atoms with E-state index in [0.717, 1.165) is 5.56 Å². The molecule has 0 fully saturated rings. The first-order valence-electron chi connectivity index (χ1n) is 9.70. The lowest BCUT2D eigenvalue weighted by Crippen LogP contribution is -2.28. The molecule has 3 rings (SSSR count). The van der Waals surface area contributed by atoms with Crippen molar-refractivity contribution in [1.82, 2.24) is 5.32 Å². The van der Waals surface area contributed by atoms with Gasteiger partial charge in [-0.15, -0.1) is 11.8 Å². The molecule has 0 saturated heterocycles. The molecule has 0 aliphatic heterocycles. The molecule has 7 heteroatoms. The second-order valence-corrected chi connectivity index (χ2v) is 8.35. The lowest BCUT2D eigenvalue weighted by Gasteiger charge is -2.16. The third kappa shape index (κ3) is 6.57. The van der Waals surface area contributed by atoms with Crippen LogP contribution in [0.3, 0.4) is 0 Å². The summed E-state index contributed by atoms with van der Waals surface area (Å²) in [5.41, 5.74) is 2.29. The van der Waals surface area contributed by atoms with Crippen LogP contribution in [0.15, 0.2) is 72.8 Å².